The summed E-state index contributed by atoms with van der Waals surface area (Å²) in [6.45, 7) is 1.16. The maximum atomic E-state index is 3.48. The van der Waals surface area contributed by atoms with Gasteiger partial charge in [0, 0.05) is 10.5 Å². The third kappa shape index (κ3) is 1.70. The maximum Gasteiger partial charge on any atom is 0.0321 e. The Morgan fingerprint density at radius 3 is 3.00 bits per heavy atom. The van der Waals surface area contributed by atoms with Crippen LogP contribution in [0.25, 0.3) is 0 Å². The first-order valence-corrected chi connectivity index (χ1v) is 5.14. The second-order valence-electron chi connectivity index (χ2n) is 3.20. The summed E-state index contributed by atoms with van der Waals surface area (Å²) in [4.78, 5) is 0. The minimum atomic E-state index is 0.586. The summed E-state index contributed by atoms with van der Waals surface area (Å²) < 4.78 is 1.17. The van der Waals surface area contributed by atoms with Crippen molar-refractivity contribution in [2.24, 2.45) is 0 Å². The van der Waals surface area contributed by atoms with E-state index in [1.165, 1.54) is 22.9 Å². The van der Waals surface area contributed by atoms with Crippen LogP contribution in [0.2, 0.25) is 0 Å². The molecule has 1 heterocycles. The average Bonchev–Trinajstić information content (AvgIpc) is 2.56. The van der Waals surface area contributed by atoms with Crippen LogP contribution in [-0.4, -0.2) is 6.54 Å². The van der Waals surface area contributed by atoms with Crippen LogP contribution >= 0.6 is 15.9 Å². The minimum absolute atomic E-state index is 0.586. The summed E-state index contributed by atoms with van der Waals surface area (Å²) in [5.74, 6) is 0. The smallest absolute Gasteiger partial charge is 0.0321 e. The van der Waals surface area contributed by atoms with E-state index in [2.05, 4.69) is 45.5 Å². The van der Waals surface area contributed by atoms with Crippen LogP contribution in [-0.2, 0) is 0 Å². The zero-order chi connectivity index (χ0) is 8.39. The molecule has 1 aliphatic heterocycles. The number of hydrogen-bond acceptors (Lipinski definition) is 1. The summed E-state index contributed by atoms with van der Waals surface area (Å²) in [7, 11) is 0. The van der Waals surface area contributed by atoms with Gasteiger partial charge in [-0.25, -0.2) is 0 Å². The molecule has 1 N–H and O–H groups in total. The largest absolute Gasteiger partial charge is 0.310 e. The fourth-order valence-electron chi connectivity index (χ4n) is 1.69. The molecule has 0 aromatic heterocycles. The van der Waals surface area contributed by atoms with E-state index in [4.69, 9.17) is 0 Å². The zero-order valence-corrected chi connectivity index (χ0v) is 8.47. The van der Waals surface area contributed by atoms with E-state index in [0.29, 0.717) is 6.04 Å². The highest BCUT2D eigenvalue weighted by atomic mass is 79.9. The Hall–Kier alpha value is -0.340. The van der Waals surface area contributed by atoms with Crippen LogP contribution in [0.15, 0.2) is 28.7 Å². The quantitative estimate of drug-likeness (QED) is 0.776. The Kier molecular flexibility index (Phi) is 2.47. The van der Waals surface area contributed by atoms with Crippen LogP contribution in [0.1, 0.15) is 24.4 Å². The Morgan fingerprint density at radius 1 is 1.42 bits per heavy atom. The molecule has 1 aliphatic rings. The van der Waals surface area contributed by atoms with Gasteiger partial charge in [-0.1, -0.05) is 28.1 Å². The van der Waals surface area contributed by atoms with Gasteiger partial charge in [0.2, 0.25) is 0 Å². The minimum Gasteiger partial charge on any atom is -0.310 e. The molecule has 12 heavy (non-hydrogen) atoms. The Balaban J connectivity index is 2.21. The molecule has 2 rings (SSSR count). The van der Waals surface area contributed by atoms with Crippen molar-refractivity contribution in [3.05, 3.63) is 34.3 Å². The van der Waals surface area contributed by atoms with Gasteiger partial charge in [0.05, 0.1) is 0 Å². The van der Waals surface area contributed by atoms with Crippen LogP contribution in [0.4, 0.5) is 0 Å². The molecule has 1 nitrogen and oxygen atoms in total. The standard InChI is InChI=1S/C10H12BrN/c11-9-4-1-3-8(7-9)10-5-2-6-12-10/h1,3-4,7,10,12H,2,5-6H2/t10-/m1/s1. The summed E-state index contributed by atoms with van der Waals surface area (Å²) in [5, 5.41) is 3.48. The van der Waals surface area contributed by atoms with Crippen LogP contribution in [0, 0.1) is 0 Å². The van der Waals surface area contributed by atoms with Gasteiger partial charge in [0.1, 0.15) is 0 Å². The maximum absolute atomic E-state index is 3.48. The predicted molar refractivity (Wildman–Crippen MR) is 54.1 cm³/mol. The number of rotatable bonds is 1. The first kappa shape index (κ1) is 8.27. The van der Waals surface area contributed by atoms with Gasteiger partial charge in [-0.2, -0.15) is 0 Å². The van der Waals surface area contributed by atoms with Crippen molar-refractivity contribution < 1.29 is 0 Å². The second-order valence-corrected chi connectivity index (χ2v) is 4.12. The van der Waals surface area contributed by atoms with Crippen molar-refractivity contribution in [1.82, 2.24) is 5.32 Å². The third-order valence-corrected chi connectivity index (χ3v) is 2.80. The lowest BCUT2D eigenvalue weighted by Gasteiger charge is -2.09. The SMILES string of the molecule is Brc1cccc([C@H]2CCCN2)c1. The highest BCUT2D eigenvalue weighted by molar-refractivity contribution is 9.10. The monoisotopic (exact) mass is 225 g/mol. The lowest BCUT2D eigenvalue weighted by molar-refractivity contribution is 0.647. The molecule has 64 valence electrons. The molecule has 0 unspecified atom stereocenters. The Morgan fingerprint density at radius 2 is 2.33 bits per heavy atom. The molecule has 1 fully saturated rings. The molecule has 1 aromatic carbocycles. The second kappa shape index (κ2) is 3.58. The Labute approximate surface area is 81.3 Å². The van der Waals surface area contributed by atoms with E-state index < -0.39 is 0 Å². The van der Waals surface area contributed by atoms with Crippen LogP contribution in [0.5, 0.6) is 0 Å². The molecule has 0 amide bonds. The van der Waals surface area contributed by atoms with Gasteiger partial charge < -0.3 is 5.32 Å². The first-order valence-electron chi connectivity index (χ1n) is 4.35. The van der Waals surface area contributed by atoms with Gasteiger partial charge in [0.15, 0.2) is 0 Å². The number of halogens is 1. The van der Waals surface area contributed by atoms with Crippen LogP contribution < -0.4 is 5.32 Å². The highest BCUT2D eigenvalue weighted by Gasteiger charge is 2.15. The highest BCUT2D eigenvalue weighted by Crippen LogP contribution is 2.24. The predicted octanol–water partition coefficient (Wildman–Crippen LogP) is 2.87. The van der Waals surface area contributed by atoms with Crippen molar-refractivity contribution >= 4 is 15.9 Å². The topological polar surface area (TPSA) is 12.0 Å². The summed E-state index contributed by atoms with van der Waals surface area (Å²) in [5.41, 5.74) is 1.40. The molecule has 1 aromatic rings. The van der Waals surface area contributed by atoms with Gasteiger partial charge in [0.25, 0.3) is 0 Å². The van der Waals surface area contributed by atoms with Crippen molar-refractivity contribution in [3.8, 4) is 0 Å². The van der Waals surface area contributed by atoms with E-state index >= 15 is 0 Å². The normalized spacial score (nSPS) is 22.9. The molecule has 2 heteroatoms. The fraction of sp³-hybridized carbons (Fsp3) is 0.400. The average molecular weight is 226 g/mol. The van der Waals surface area contributed by atoms with E-state index in [0.717, 1.165) is 6.54 Å². The lowest BCUT2D eigenvalue weighted by Crippen LogP contribution is -2.12. The Bertz CT molecular complexity index is 266. The molecule has 0 radical (unpaired) electrons. The van der Waals surface area contributed by atoms with Gasteiger partial charge in [-0.3, -0.25) is 0 Å². The van der Waals surface area contributed by atoms with Crippen molar-refractivity contribution in [2.45, 2.75) is 18.9 Å². The summed E-state index contributed by atoms with van der Waals surface area (Å²) in [6.07, 6.45) is 2.58. The zero-order valence-electron chi connectivity index (χ0n) is 6.89. The first-order chi connectivity index (χ1) is 5.86. The third-order valence-electron chi connectivity index (χ3n) is 2.31. The molecule has 0 spiro atoms. The molecular weight excluding hydrogens is 214 g/mol. The number of benzene rings is 1. The summed E-state index contributed by atoms with van der Waals surface area (Å²) in [6, 6.07) is 9.14. The fourth-order valence-corrected chi connectivity index (χ4v) is 2.11. The van der Waals surface area contributed by atoms with E-state index in [1.807, 2.05) is 0 Å². The van der Waals surface area contributed by atoms with Crippen LogP contribution in [0.3, 0.4) is 0 Å². The molecule has 0 aliphatic carbocycles. The van der Waals surface area contributed by atoms with Gasteiger partial charge >= 0.3 is 0 Å². The van der Waals surface area contributed by atoms with E-state index in [1.54, 1.807) is 0 Å². The van der Waals surface area contributed by atoms with E-state index in [9.17, 15) is 0 Å². The van der Waals surface area contributed by atoms with Crippen molar-refractivity contribution in [1.29, 1.82) is 0 Å². The molecule has 1 saturated heterocycles. The molecule has 0 bridgehead atoms. The lowest BCUT2D eigenvalue weighted by atomic mass is 10.1. The van der Waals surface area contributed by atoms with Gasteiger partial charge in [-0.05, 0) is 37.1 Å². The van der Waals surface area contributed by atoms with Crippen molar-refractivity contribution in [2.75, 3.05) is 6.54 Å². The molecular formula is C10H12BrN. The van der Waals surface area contributed by atoms with E-state index in [-0.39, 0.29) is 0 Å². The molecule has 1 atom stereocenters. The number of nitrogens with one attached hydrogen (secondary N) is 1. The number of hydrogen-bond donors (Lipinski definition) is 1. The summed E-state index contributed by atoms with van der Waals surface area (Å²) >= 11 is 3.48. The molecule has 0 saturated carbocycles. The van der Waals surface area contributed by atoms with Gasteiger partial charge in [-0.15, -0.1) is 0 Å². The van der Waals surface area contributed by atoms with Crippen molar-refractivity contribution in [3.63, 3.8) is 0 Å².